The van der Waals surface area contributed by atoms with Gasteiger partial charge in [0.1, 0.15) is 5.82 Å². The van der Waals surface area contributed by atoms with E-state index in [-0.39, 0.29) is 6.04 Å². The molecule has 0 saturated carbocycles. The Morgan fingerprint density at radius 1 is 1.56 bits per heavy atom. The molecule has 1 rings (SSSR count). The van der Waals surface area contributed by atoms with E-state index in [0.717, 1.165) is 27.7 Å². The molecule has 6 heteroatoms. The molecule has 16 heavy (non-hydrogen) atoms. The molecule has 1 atom stereocenters. The Balaban J connectivity index is 2.37. The summed E-state index contributed by atoms with van der Waals surface area (Å²) in [5.74, 6) is 0.827. The van der Waals surface area contributed by atoms with Gasteiger partial charge in [-0.15, -0.1) is 0 Å². The first-order chi connectivity index (χ1) is 7.63. The van der Waals surface area contributed by atoms with Crippen LogP contribution in [-0.4, -0.2) is 31.3 Å². The van der Waals surface area contributed by atoms with Gasteiger partial charge < -0.3 is 15.8 Å². The second-order valence-electron chi connectivity index (χ2n) is 3.41. The van der Waals surface area contributed by atoms with Crippen molar-refractivity contribution in [1.29, 1.82) is 0 Å². The molecule has 4 nitrogen and oxygen atoms in total. The van der Waals surface area contributed by atoms with Crippen LogP contribution in [0.3, 0.4) is 0 Å². The van der Waals surface area contributed by atoms with E-state index in [1.165, 1.54) is 0 Å². The van der Waals surface area contributed by atoms with Crippen LogP contribution in [0.25, 0.3) is 0 Å². The minimum absolute atomic E-state index is 0.0618. The van der Waals surface area contributed by atoms with E-state index in [1.54, 1.807) is 13.3 Å². The van der Waals surface area contributed by atoms with Gasteiger partial charge in [-0.1, -0.05) is 0 Å². The molecule has 90 valence electrons. The summed E-state index contributed by atoms with van der Waals surface area (Å²) in [4.78, 5) is 4.24. The Bertz CT molecular complexity index is 336. The minimum Gasteiger partial charge on any atom is -0.383 e. The van der Waals surface area contributed by atoms with Crippen molar-refractivity contribution in [3.8, 4) is 0 Å². The number of aromatic nitrogens is 1. The number of hydrogen-bond acceptors (Lipinski definition) is 4. The Morgan fingerprint density at radius 3 is 2.94 bits per heavy atom. The molecule has 1 unspecified atom stereocenters. The molecule has 0 spiro atoms. The highest BCUT2D eigenvalue weighted by molar-refractivity contribution is 9.11. The Labute approximate surface area is 112 Å². The number of rotatable bonds is 6. The molecular formula is C10H15Br2N3O. The van der Waals surface area contributed by atoms with Gasteiger partial charge >= 0.3 is 0 Å². The second kappa shape index (κ2) is 7.21. The average Bonchev–Trinajstić information content (AvgIpc) is 2.22. The number of pyridine rings is 1. The van der Waals surface area contributed by atoms with Gasteiger partial charge in [0.25, 0.3) is 0 Å². The third-order valence-corrected chi connectivity index (χ3v) is 3.03. The summed E-state index contributed by atoms with van der Waals surface area (Å²) in [6.07, 6.45) is 2.60. The highest BCUT2D eigenvalue weighted by atomic mass is 79.9. The fourth-order valence-corrected chi connectivity index (χ4v) is 2.35. The topological polar surface area (TPSA) is 60.2 Å². The zero-order valence-electron chi connectivity index (χ0n) is 9.04. The fourth-order valence-electron chi connectivity index (χ4n) is 1.22. The molecular weight excluding hydrogens is 338 g/mol. The summed E-state index contributed by atoms with van der Waals surface area (Å²) in [5, 5.41) is 3.22. The van der Waals surface area contributed by atoms with Crippen molar-refractivity contribution < 1.29 is 4.74 Å². The van der Waals surface area contributed by atoms with Crippen LogP contribution in [0.4, 0.5) is 5.82 Å². The van der Waals surface area contributed by atoms with Crippen LogP contribution >= 0.6 is 31.9 Å². The van der Waals surface area contributed by atoms with Gasteiger partial charge in [0.05, 0.1) is 11.1 Å². The Hall–Kier alpha value is -0.170. The summed E-state index contributed by atoms with van der Waals surface area (Å²) in [6, 6.07) is 2.01. The number of hydrogen-bond donors (Lipinski definition) is 2. The molecule has 0 amide bonds. The smallest absolute Gasteiger partial charge is 0.140 e. The van der Waals surface area contributed by atoms with Crippen LogP contribution in [0.5, 0.6) is 0 Å². The molecule has 0 radical (unpaired) electrons. The molecule has 0 bridgehead atoms. The first-order valence-corrected chi connectivity index (χ1v) is 6.51. The van der Waals surface area contributed by atoms with Crippen LogP contribution in [0.2, 0.25) is 0 Å². The number of ether oxygens (including phenoxy) is 1. The maximum atomic E-state index is 5.81. The van der Waals surface area contributed by atoms with Crippen LogP contribution in [0, 0.1) is 0 Å². The monoisotopic (exact) mass is 351 g/mol. The van der Waals surface area contributed by atoms with Crippen molar-refractivity contribution in [2.75, 3.05) is 25.6 Å². The largest absolute Gasteiger partial charge is 0.383 e. The number of nitrogens with one attached hydrogen (secondary N) is 1. The maximum Gasteiger partial charge on any atom is 0.140 e. The van der Waals surface area contributed by atoms with Crippen LogP contribution < -0.4 is 11.1 Å². The molecule has 1 aromatic rings. The Morgan fingerprint density at radius 2 is 2.31 bits per heavy atom. The van der Waals surface area contributed by atoms with E-state index in [2.05, 4.69) is 42.2 Å². The van der Waals surface area contributed by atoms with Crippen LogP contribution in [-0.2, 0) is 4.74 Å². The van der Waals surface area contributed by atoms with Gasteiger partial charge in [0.2, 0.25) is 0 Å². The van der Waals surface area contributed by atoms with Crippen molar-refractivity contribution >= 4 is 37.7 Å². The van der Waals surface area contributed by atoms with Crippen molar-refractivity contribution in [2.24, 2.45) is 5.73 Å². The van der Waals surface area contributed by atoms with Gasteiger partial charge in [0, 0.05) is 30.4 Å². The molecule has 0 aromatic carbocycles. The van der Waals surface area contributed by atoms with Gasteiger partial charge in [-0.2, -0.15) is 0 Å². The standard InChI is InChI=1S/C10H15Br2N3O/c1-16-6-8(13)2-3-14-10-9(12)4-7(11)5-15-10/h4-5,8H,2-3,6,13H2,1H3,(H,14,15). The van der Waals surface area contributed by atoms with Crippen molar-refractivity contribution in [3.63, 3.8) is 0 Å². The van der Waals surface area contributed by atoms with Crippen molar-refractivity contribution in [3.05, 3.63) is 21.2 Å². The maximum absolute atomic E-state index is 5.81. The quantitative estimate of drug-likeness (QED) is 0.825. The Kier molecular flexibility index (Phi) is 6.26. The predicted octanol–water partition coefficient (Wildman–Crippen LogP) is 2.38. The zero-order chi connectivity index (χ0) is 12.0. The molecule has 1 heterocycles. The first kappa shape index (κ1) is 13.9. The first-order valence-electron chi connectivity index (χ1n) is 4.93. The molecule has 0 saturated heterocycles. The third kappa shape index (κ3) is 4.78. The van der Waals surface area contributed by atoms with Crippen molar-refractivity contribution in [1.82, 2.24) is 4.98 Å². The number of nitrogens with zero attached hydrogens (tertiary/aromatic N) is 1. The normalized spacial score (nSPS) is 12.5. The average molecular weight is 353 g/mol. The summed E-state index contributed by atoms with van der Waals surface area (Å²) in [7, 11) is 1.65. The van der Waals surface area contributed by atoms with Gasteiger partial charge in [-0.25, -0.2) is 4.98 Å². The predicted molar refractivity (Wildman–Crippen MR) is 72.6 cm³/mol. The molecule has 1 aromatic heterocycles. The molecule has 0 fully saturated rings. The third-order valence-electron chi connectivity index (χ3n) is 2.00. The lowest BCUT2D eigenvalue weighted by molar-refractivity contribution is 0.178. The number of halogens is 2. The van der Waals surface area contributed by atoms with E-state index in [4.69, 9.17) is 10.5 Å². The number of anilines is 1. The van der Waals surface area contributed by atoms with E-state index >= 15 is 0 Å². The van der Waals surface area contributed by atoms with Gasteiger partial charge in [-0.05, 0) is 44.3 Å². The lowest BCUT2D eigenvalue weighted by Crippen LogP contribution is -2.28. The van der Waals surface area contributed by atoms with E-state index in [9.17, 15) is 0 Å². The number of nitrogens with two attached hydrogens (primary N) is 1. The second-order valence-corrected chi connectivity index (χ2v) is 5.18. The minimum atomic E-state index is 0.0618. The SMILES string of the molecule is COCC(N)CCNc1ncc(Br)cc1Br. The van der Waals surface area contributed by atoms with E-state index in [1.807, 2.05) is 6.07 Å². The highest BCUT2D eigenvalue weighted by Gasteiger charge is 2.04. The van der Waals surface area contributed by atoms with E-state index < -0.39 is 0 Å². The summed E-state index contributed by atoms with van der Waals surface area (Å²) in [5.41, 5.74) is 5.81. The van der Waals surface area contributed by atoms with Gasteiger partial charge in [-0.3, -0.25) is 0 Å². The lowest BCUT2D eigenvalue weighted by atomic mass is 10.2. The van der Waals surface area contributed by atoms with Crippen LogP contribution in [0.1, 0.15) is 6.42 Å². The zero-order valence-corrected chi connectivity index (χ0v) is 12.2. The number of methoxy groups -OCH3 is 1. The highest BCUT2D eigenvalue weighted by Crippen LogP contribution is 2.23. The summed E-state index contributed by atoms with van der Waals surface area (Å²) < 4.78 is 6.84. The van der Waals surface area contributed by atoms with Crippen LogP contribution in [0.15, 0.2) is 21.2 Å². The lowest BCUT2D eigenvalue weighted by Gasteiger charge is -2.12. The summed E-state index contributed by atoms with van der Waals surface area (Å²) in [6.45, 7) is 1.36. The molecule has 0 aliphatic heterocycles. The van der Waals surface area contributed by atoms with Gasteiger partial charge in [0.15, 0.2) is 0 Å². The van der Waals surface area contributed by atoms with E-state index in [0.29, 0.717) is 6.61 Å². The molecule has 3 N–H and O–H groups in total. The summed E-state index contributed by atoms with van der Waals surface area (Å²) >= 11 is 6.79. The molecule has 0 aliphatic rings. The van der Waals surface area contributed by atoms with Crippen molar-refractivity contribution in [2.45, 2.75) is 12.5 Å². The fraction of sp³-hybridized carbons (Fsp3) is 0.500. The molecule has 0 aliphatic carbocycles.